The quantitative estimate of drug-likeness (QED) is 0.483. The lowest BCUT2D eigenvalue weighted by Gasteiger charge is -2.43. The van der Waals surface area contributed by atoms with E-state index >= 15 is 0 Å². The highest BCUT2D eigenvalue weighted by Crippen LogP contribution is 2.59. The van der Waals surface area contributed by atoms with Crippen molar-refractivity contribution in [1.29, 1.82) is 0 Å². The molecule has 0 amide bonds. The van der Waals surface area contributed by atoms with E-state index < -0.39 is 0 Å². The third kappa shape index (κ3) is 2.40. The molecule has 4 rings (SSSR count). The van der Waals surface area contributed by atoms with Crippen LogP contribution < -0.4 is 0 Å². The molecule has 0 saturated heterocycles. The highest BCUT2D eigenvalue weighted by atomic mass is 35.5. The zero-order chi connectivity index (χ0) is 16.9. The van der Waals surface area contributed by atoms with Crippen molar-refractivity contribution in [3.63, 3.8) is 0 Å². The molecule has 0 heterocycles. The second-order valence-corrected chi connectivity index (χ2v) is 9.69. The van der Waals surface area contributed by atoms with Gasteiger partial charge in [0.25, 0.3) is 0 Å². The SMILES string of the molecule is CC(C(C)C1(Cl)CCC2CC=CC=C21)C1(Cl)CCC2CC=CC=C21. The van der Waals surface area contributed by atoms with Crippen LogP contribution in [0.5, 0.6) is 0 Å². The van der Waals surface area contributed by atoms with Crippen molar-refractivity contribution in [2.45, 2.75) is 62.1 Å². The number of rotatable bonds is 3. The Morgan fingerprint density at radius 1 is 0.833 bits per heavy atom. The van der Waals surface area contributed by atoms with Gasteiger partial charge in [-0.15, -0.1) is 23.2 Å². The molecule has 2 saturated carbocycles. The van der Waals surface area contributed by atoms with Gasteiger partial charge in [0.1, 0.15) is 0 Å². The highest BCUT2D eigenvalue weighted by molar-refractivity contribution is 6.28. The zero-order valence-corrected chi connectivity index (χ0v) is 16.3. The van der Waals surface area contributed by atoms with Gasteiger partial charge < -0.3 is 0 Å². The molecule has 6 unspecified atom stereocenters. The van der Waals surface area contributed by atoms with Gasteiger partial charge in [-0.1, -0.05) is 50.3 Å². The van der Waals surface area contributed by atoms with Crippen molar-refractivity contribution in [2.24, 2.45) is 23.7 Å². The van der Waals surface area contributed by atoms with Gasteiger partial charge in [0.2, 0.25) is 0 Å². The van der Waals surface area contributed by atoms with Gasteiger partial charge in [0.05, 0.1) is 9.75 Å². The van der Waals surface area contributed by atoms with Crippen LogP contribution in [0.4, 0.5) is 0 Å². The van der Waals surface area contributed by atoms with Crippen molar-refractivity contribution in [1.82, 2.24) is 0 Å². The predicted octanol–water partition coefficient (Wildman–Crippen LogP) is 6.81. The molecule has 0 aromatic heterocycles. The maximum Gasteiger partial charge on any atom is 0.0689 e. The molecule has 0 aromatic carbocycles. The van der Waals surface area contributed by atoms with E-state index in [0.29, 0.717) is 23.7 Å². The third-order valence-corrected chi connectivity index (χ3v) is 8.91. The predicted molar refractivity (Wildman–Crippen MR) is 105 cm³/mol. The van der Waals surface area contributed by atoms with Gasteiger partial charge in [-0.25, -0.2) is 0 Å². The van der Waals surface area contributed by atoms with E-state index in [9.17, 15) is 0 Å². The topological polar surface area (TPSA) is 0 Å². The van der Waals surface area contributed by atoms with E-state index in [-0.39, 0.29) is 9.75 Å². The fourth-order valence-electron chi connectivity index (χ4n) is 5.69. The largest absolute Gasteiger partial charge is 0.114 e. The highest BCUT2D eigenvalue weighted by Gasteiger charge is 2.54. The summed E-state index contributed by atoms with van der Waals surface area (Å²) in [5.41, 5.74) is 2.94. The van der Waals surface area contributed by atoms with E-state index in [0.717, 1.165) is 25.7 Å². The summed E-state index contributed by atoms with van der Waals surface area (Å²) in [5, 5.41) is 0. The molecule has 4 aliphatic rings. The Labute approximate surface area is 156 Å². The number of halogens is 2. The van der Waals surface area contributed by atoms with Gasteiger partial charge in [0.15, 0.2) is 0 Å². The van der Waals surface area contributed by atoms with Gasteiger partial charge in [-0.3, -0.25) is 0 Å². The number of hydrogen-bond donors (Lipinski definition) is 0. The van der Waals surface area contributed by atoms with Crippen molar-refractivity contribution < 1.29 is 0 Å². The van der Waals surface area contributed by atoms with Crippen LogP contribution in [0.25, 0.3) is 0 Å². The average molecular weight is 363 g/mol. The fourth-order valence-corrected chi connectivity index (χ4v) is 6.72. The number of allylic oxidation sites excluding steroid dienone is 8. The molecular weight excluding hydrogens is 335 g/mol. The summed E-state index contributed by atoms with van der Waals surface area (Å²) in [6, 6.07) is 0. The van der Waals surface area contributed by atoms with Crippen molar-refractivity contribution in [3.05, 3.63) is 47.6 Å². The number of fused-ring (bicyclic) bond motifs is 2. The first-order valence-electron chi connectivity index (χ1n) is 9.59. The molecular formula is C22H28Cl2. The van der Waals surface area contributed by atoms with Crippen LogP contribution in [0, 0.1) is 23.7 Å². The van der Waals surface area contributed by atoms with E-state index in [4.69, 9.17) is 23.2 Å². The summed E-state index contributed by atoms with van der Waals surface area (Å²) in [7, 11) is 0. The van der Waals surface area contributed by atoms with Crippen LogP contribution in [0.15, 0.2) is 47.6 Å². The van der Waals surface area contributed by atoms with E-state index in [2.05, 4.69) is 50.3 Å². The molecule has 0 N–H and O–H groups in total. The molecule has 0 aliphatic heterocycles. The smallest absolute Gasteiger partial charge is 0.0689 e. The lowest BCUT2D eigenvalue weighted by Crippen LogP contribution is -2.43. The average Bonchev–Trinajstić information content (AvgIpc) is 3.14. The van der Waals surface area contributed by atoms with E-state index in [1.165, 1.54) is 24.0 Å². The van der Waals surface area contributed by atoms with E-state index in [1.54, 1.807) is 0 Å². The van der Waals surface area contributed by atoms with Crippen LogP contribution in [-0.4, -0.2) is 9.75 Å². The number of hydrogen-bond acceptors (Lipinski definition) is 0. The first kappa shape index (κ1) is 17.0. The van der Waals surface area contributed by atoms with Crippen LogP contribution >= 0.6 is 23.2 Å². The summed E-state index contributed by atoms with van der Waals surface area (Å²) in [6.07, 6.45) is 20.5. The minimum Gasteiger partial charge on any atom is -0.114 e. The van der Waals surface area contributed by atoms with E-state index in [1.807, 2.05) is 0 Å². The lowest BCUT2D eigenvalue weighted by molar-refractivity contribution is 0.269. The molecule has 0 radical (unpaired) electrons. The normalized spacial score (nSPS) is 43.0. The first-order valence-corrected chi connectivity index (χ1v) is 10.3. The van der Waals surface area contributed by atoms with Crippen molar-refractivity contribution in [2.75, 3.05) is 0 Å². The molecule has 0 spiro atoms. The minimum absolute atomic E-state index is 0.208. The summed E-state index contributed by atoms with van der Waals surface area (Å²) in [5.74, 6) is 2.07. The second-order valence-electron chi connectivity index (χ2n) is 8.35. The molecule has 24 heavy (non-hydrogen) atoms. The molecule has 2 fully saturated rings. The fraction of sp³-hybridized carbons (Fsp3) is 0.636. The molecule has 0 nitrogen and oxygen atoms in total. The summed E-state index contributed by atoms with van der Waals surface area (Å²) in [6.45, 7) is 4.69. The van der Waals surface area contributed by atoms with Crippen LogP contribution in [0.3, 0.4) is 0 Å². The standard InChI is InChI=1S/C22H28Cl2/c1-15(21(23)13-11-17-7-3-5-9-19(17)21)16(2)22(24)14-12-18-8-4-6-10-20(18)22/h3-6,9-10,15-18H,7-8,11-14H2,1-2H3. The van der Waals surface area contributed by atoms with Crippen molar-refractivity contribution in [3.8, 4) is 0 Å². The molecule has 0 aromatic rings. The Morgan fingerprint density at radius 3 is 1.67 bits per heavy atom. The Kier molecular flexibility index (Phi) is 4.29. The van der Waals surface area contributed by atoms with Gasteiger partial charge >= 0.3 is 0 Å². The summed E-state index contributed by atoms with van der Waals surface area (Å²) < 4.78 is 0. The maximum absolute atomic E-state index is 7.31. The Morgan fingerprint density at radius 2 is 1.25 bits per heavy atom. The minimum atomic E-state index is -0.208. The van der Waals surface area contributed by atoms with Crippen LogP contribution in [-0.2, 0) is 0 Å². The summed E-state index contributed by atoms with van der Waals surface area (Å²) in [4.78, 5) is -0.417. The lowest BCUT2D eigenvalue weighted by atomic mass is 9.70. The maximum atomic E-state index is 7.31. The van der Waals surface area contributed by atoms with Gasteiger partial charge in [-0.2, -0.15) is 0 Å². The van der Waals surface area contributed by atoms with Crippen LogP contribution in [0.1, 0.15) is 52.4 Å². The second kappa shape index (κ2) is 6.06. The molecule has 130 valence electrons. The molecule has 2 heteroatoms. The molecule has 6 atom stereocenters. The number of alkyl halides is 2. The first-order chi connectivity index (χ1) is 11.5. The Bertz CT molecular complexity index is 584. The third-order valence-electron chi connectivity index (χ3n) is 7.41. The monoisotopic (exact) mass is 362 g/mol. The molecule has 4 aliphatic carbocycles. The zero-order valence-electron chi connectivity index (χ0n) is 14.8. The Hall–Kier alpha value is -0.460. The summed E-state index contributed by atoms with van der Waals surface area (Å²) >= 11 is 14.6. The van der Waals surface area contributed by atoms with Gasteiger partial charge in [-0.05, 0) is 73.3 Å². The van der Waals surface area contributed by atoms with Gasteiger partial charge in [0, 0.05) is 0 Å². The van der Waals surface area contributed by atoms with Crippen molar-refractivity contribution >= 4 is 23.2 Å². The molecule has 0 bridgehead atoms. The van der Waals surface area contributed by atoms with Crippen LogP contribution in [0.2, 0.25) is 0 Å². The Balaban J connectivity index is 1.63.